The van der Waals surface area contributed by atoms with Crippen molar-refractivity contribution in [2.45, 2.75) is 0 Å². The van der Waals surface area contributed by atoms with Crippen molar-refractivity contribution in [1.82, 2.24) is 4.98 Å². The van der Waals surface area contributed by atoms with Crippen LogP contribution in [-0.2, 0) is 0 Å². The summed E-state index contributed by atoms with van der Waals surface area (Å²) in [6.07, 6.45) is 1.66. The van der Waals surface area contributed by atoms with Crippen LogP contribution in [0.4, 0.5) is 0 Å². The molecule has 0 aliphatic heterocycles. The van der Waals surface area contributed by atoms with Gasteiger partial charge in [0.15, 0.2) is 0 Å². The van der Waals surface area contributed by atoms with E-state index in [2.05, 4.69) is 4.98 Å². The highest BCUT2D eigenvalue weighted by atomic mass is 127. The Bertz CT molecular complexity index is 369. The molecule has 0 bridgehead atoms. The number of benzene rings is 1. The molecule has 0 spiro atoms. The quantitative estimate of drug-likeness (QED) is 0.745. The number of oxazole rings is 1. The summed E-state index contributed by atoms with van der Waals surface area (Å²) in [4.78, 5) is 4.20. The molecule has 0 amide bonds. The van der Waals surface area contributed by atoms with E-state index in [0.29, 0.717) is 3.90 Å². The predicted octanol–water partition coefficient (Wildman–Crippen LogP) is 2.95. The Morgan fingerprint density at radius 2 is 1.92 bits per heavy atom. The fourth-order valence-electron chi connectivity index (χ4n) is 0.993. The molecule has 0 aliphatic rings. The van der Waals surface area contributed by atoms with Crippen LogP contribution in [0.3, 0.4) is 0 Å². The minimum atomic E-state index is 0.673. The summed E-state index contributed by atoms with van der Waals surface area (Å²) in [5, 5.41) is 0. The van der Waals surface area contributed by atoms with Gasteiger partial charge in [-0.2, -0.15) is 0 Å². The van der Waals surface area contributed by atoms with Crippen LogP contribution in [0.5, 0.6) is 0 Å². The van der Waals surface area contributed by atoms with Gasteiger partial charge in [-0.1, -0.05) is 30.3 Å². The third kappa shape index (κ3) is 1.50. The lowest BCUT2D eigenvalue weighted by molar-refractivity contribution is 0.525. The molecule has 2 nitrogen and oxygen atoms in total. The fraction of sp³-hybridized carbons (Fsp3) is 0. The largest absolute Gasteiger partial charge is 0.440 e. The third-order valence-electron chi connectivity index (χ3n) is 1.55. The zero-order chi connectivity index (χ0) is 8.39. The molecule has 1 heterocycles. The molecule has 3 heteroatoms. The van der Waals surface area contributed by atoms with Gasteiger partial charge in [0.1, 0.15) is 12.0 Å². The second-order valence-corrected chi connectivity index (χ2v) is 3.27. The van der Waals surface area contributed by atoms with E-state index in [4.69, 9.17) is 4.42 Å². The van der Waals surface area contributed by atoms with Crippen LogP contribution in [-0.4, -0.2) is 4.98 Å². The molecule has 0 saturated carbocycles. The molecule has 2 aromatic rings. The minimum Gasteiger partial charge on any atom is -0.440 e. The summed E-state index contributed by atoms with van der Waals surface area (Å²) >= 11 is 2.05. The van der Waals surface area contributed by atoms with Crippen LogP contribution in [0, 0.1) is 3.90 Å². The predicted molar refractivity (Wildman–Crippen MR) is 54.7 cm³/mol. The average Bonchev–Trinajstić information content (AvgIpc) is 2.54. The maximum Gasteiger partial charge on any atom is 0.257 e. The van der Waals surface area contributed by atoms with Crippen molar-refractivity contribution in [1.29, 1.82) is 0 Å². The molecule has 0 saturated heterocycles. The Hall–Kier alpha value is -0.840. The van der Waals surface area contributed by atoms with E-state index >= 15 is 0 Å². The van der Waals surface area contributed by atoms with Gasteiger partial charge in [0.25, 0.3) is 3.90 Å². The first-order chi connectivity index (χ1) is 5.86. The van der Waals surface area contributed by atoms with Crippen LogP contribution in [0.25, 0.3) is 11.3 Å². The SMILES string of the molecule is Ic1nc(-c2ccccc2)co1. The van der Waals surface area contributed by atoms with Gasteiger partial charge in [-0.15, -0.1) is 0 Å². The Balaban J connectivity index is 2.45. The molecular weight excluding hydrogens is 265 g/mol. The molecule has 0 fully saturated rings. The summed E-state index contributed by atoms with van der Waals surface area (Å²) in [6.45, 7) is 0. The van der Waals surface area contributed by atoms with Crippen molar-refractivity contribution in [3.05, 3.63) is 40.5 Å². The van der Waals surface area contributed by atoms with Crippen molar-refractivity contribution in [2.24, 2.45) is 0 Å². The number of hydrogen-bond acceptors (Lipinski definition) is 2. The van der Waals surface area contributed by atoms with Crippen molar-refractivity contribution < 1.29 is 4.42 Å². The van der Waals surface area contributed by atoms with Crippen molar-refractivity contribution in [2.75, 3.05) is 0 Å². The summed E-state index contributed by atoms with van der Waals surface area (Å²) < 4.78 is 5.77. The average molecular weight is 271 g/mol. The number of hydrogen-bond donors (Lipinski definition) is 0. The van der Waals surface area contributed by atoms with E-state index in [1.165, 1.54) is 0 Å². The highest BCUT2D eigenvalue weighted by molar-refractivity contribution is 14.1. The normalized spacial score (nSPS) is 10.1. The van der Waals surface area contributed by atoms with Crippen molar-refractivity contribution in [3.63, 3.8) is 0 Å². The monoisotopic (exact) mass is 271 g/mol. The van der Waals surface area contributed by atoms with Gasteiger partial charge in [-0.05, 0) is 0 Å². The van der Waals surface area contributed by atoms with Crippen LogP contribution in [0.1, 0.15) is 0 Å². The lowest BCUT2D eigenvalue weighted by Gasteiger charge is -1.91. The van der Waals surface area contributed by atoms with Crippen LogP contribution >= 0.6 is 22.6 Å². The summed E-state index contributed by atoms with van der Waals surface area (Å²) in [5.41, 5.74) is 1.98. The van der Waals surface area contributed by atoms with E-state index in [-0.39, 0.29) is 0 Å². The Morgan fingerprint density at radius 1 is 1.17 bits per heavy atom. The van der Waals surface area contributed by atoms with Crippen molar-refractivity contribution >= 4 is 22.6 Å². The maximum atomic E-state index is 5.09. The van der Waals surface area contributed by atoms with Gasteiger partial charge < -0.3 is 4.42 Å². The van der Waals surface area contributed by atoms with Gasteiger partial charge in [-0.25, -0.2) is 4.98 Å². The molecule has 0 N–H and O–H groups in total. The zero-order valence-electron chi connectivity index (χ0n) is 6.20. The topological polar surface area (TPSA) is 26.0 Å². The first-order valence-corrected chi connectivity index (χ1v) is 4.60. The van der Waals surface area contributed by atoms with Gasteiger partial charge >= 0.3 is 0 Å². The highest BCUT2D eigenvalue weighted by Gasteiger charge is 2.01. The lowest BCUT2D eigenvalue weighted by atomic mass is 10.2. The van der Waals surface area contributed by atoms with E-state index in [9.17, 15) is 0 Å². The standard InChI is InChI=1S/C9H6INO/c10-9-11-8(6-12-9)7-4-2-1-3-5-7/h1-6H. The molecule has 2 rings (SSSR count). The molecule has 0 unspecified atom stereocenters. The van der Waals surface area contributed by atoms with Crippen LogP contribution in [0.2, 0.25) is 0 Å². The van der Waals surface area contributed by atoms with E-state index in [1.807, 2.05) is 52.9 Å². The summed E-state index contributed by atoms with van der Waals surface area (Å²) in [7, 11) is 0. The van der Waals surface area contributed by atoms with Gasteiger partial charge in [0, 0.05) is 28.2 Å². The number of rotatable bonds is 1. The molecule has 0 atom stereocenters. The van der Waals surface area contributed by atoms with Crippen LogP contribution < -0.4 is 0 Å². The molecule has 1 aromatic heterocycles. The Morgan fingerprint density at radius 3 is 2.50 bits per heavy atom. The summed E-state index contributed by atoms with van der Waals surface area (Å²) in [5.74, 6) is 0. The molecular formula is C9H6INO. The number of nitrogens with zero attached hydrogens (tertiary/aromatic N) is 1. The Kier molecular flexibility index (Phi) is 2.12. The van der Waals surface area contributed by atoms with Crippen LogP contribution in [0.15, 0.2) is 41.0 Å². The van der Waals surface area contributed by atoms with Gasteiger partial charge in [0.2, 0.25) is 0 Å². The van der Waals surface area contributed by atoms with E-state index < -0.39 is 0 Å². The smallest absolute Gasteiger partial charge is 0.257 e. The summed E-state index contributed by atoms with van der Waals surface area (Å²) in [6, 6.07) is 9.96. The Labute approximate surface area is 83.8 Å². The molecule has 0 radical (unpaired) electrons. The first-order valence-electron chi connectivity index (χ1n) is 3.53. The zero-order valence-corrected chi connectivity index (χ0v) is 8.36. The van der Waals surface area contributed by atoms with Crippen molar-refractivity contribution in [3.8, 4) is 11.3 Å². The van der Waals surface area contributed by atoms with Gasteiger partial charge in [0.05, 0.1) is 0 Å². The second-order valence-electron chi connectivity index (χ2n) is 2.35. The van der Waals surface area contributed by atoms with E-state index in [0.717, 1.165) is 11.3 Å². The van der Waals surface area contributed by atoms with Gasteiger partial charge in [-0.3, -0.25) is 0 Å². The van der Waals surface area contributed by atoms with E-state index in [1.54, 1.807) is 6.26 Å². The first kappa shape index (κ1) is 7.79. The third-order valence-corrected chi connectivity index (χ3v) is 2.04. The molecule has 12 heavy (non-hydrogen) atoms. The number of halogens is 1. The molecule has 60 valence electrons. The highest BCUT2D eigenvalue weighted by Crippen LogP contribution is 2.18. The molecule has 0 aliphatic carbocycles. The molecule has 1 aromatic carbocycles. The maximum absolute atomic E-state index is 5.09. The second kappa shape index (κ2) is 3.26. The lowest BCUT2D eigenvalue weighted by Crippen LogP contribution is -1.75. The minimum absolute atomic E-state index is 0.673. The fourth-order valence-corrected chi connectivity index (χ4v) is 1.38. The number of aromatic nitrogens is 1.